The van der Waals surface area contributed by atoms with Gasteiger partial charge in [0.25, 0.3) is 5.91 Å². The minimum absolute atomic E-state index is 0.128. The van der Waals surface area contributed by atoms with Gasteiger partial charge in [-0.15, -0.1) is 0 Å². The third-order valence-corrected chi connectivity index (χ3v) is 7.19. The fourth-order valence-corrected chi connectivity index (χ4v) is 5.60. The molecule has 6 rings (SSSR count). The average molecular weight is 508 g/mol. The summed E-state index contributed by atoms with van der Waals surface area (Å²) in [4.78, 5) is 15.6. The number of nitrogens with zero attached hydrogens (tertiary/aromatic N) is 1. The Morgan fingerprint density at radius 1 is 0.892 bits per heavy atom. The molecule has 4 saturated heterocycles. The molecule has 37 heavy (non-hydrogen) atoms. The molecule has 4 aliphatic rings. The van der Waals surface area contributed by atoms with Crippen LogP contribution in [0.2, 0.25) is 0 Å². The van der Waals surface area contributed by atoms with E-state index in [1.165, 1.54) is 0 Å². The second kappa shape index (κ2) is 9.22. The highest BCUT2D eigenvalue weighted by atomic mass is 16.8. The number of carbonyl (C=O) groups is 1. The summed E-state index contributed by atoms with van der Waals surface area (Å²) in [7, 11) is 0. The first-order valence-electron chi connectivity index (χ1n) is 12.8. The number of carbonyl (C=O) groups excluding carboxylic acids is 1. The Bertz CT molecular complexity index is 1150. The predicted molar refractivity (Wildman–Crippen MR) is 134 cm³/mol. The van der Waals surface area contributed by atoms with Crippen LogP contribution in [-0.2, 0) is 28.5 Å². The van der Waals surface area contributed by atoms with Gasteiger partial charge in [0.15, 0.2) is 17.9 Å². The van der Waals surface area contributed by atoms with Gasteiger partial charge in [-0.1, -0.05) is 60.7 Å². The number of hydrogen-bond donors (Lipinski definition) is 0. The SMILES string of the molecule is CC1(C)OCC(C2OC3OC(C)(C)OC3[C@H]2N2C(=O)C(Oc3ccccc3)C2C=Cc2ccccc2)O1. The normalized spacial score (nSPS) is 36.1. The van der Waals surface area contributed by atoms with E-state index in [9.17, 15) is 4.79 Å². The van der Waals surface area contributed by atoms with E-state index in [0.29, 0.717) is 12.4 Å². The van der Waals surface area contributed by atoms with Gasteiger partial charge < -0.3 is 33.3 Å². The molecule has 2 aromatic rings. The Morgan fingerprint density at radius 2 is 1.59 bits per heavy atom. The second-order valence-electron chi connectivity index (χ2n) is 10.8. The molecule has 0 N–H and O–H groups in total. The molecule has 0 spiro atoms. The lowest BCUT2D eigenvalue weighted by Gasteiger charge is -2.50. The summed E-state index contributed by atoms with van der Waals surface area (Å²) >= 11 is 0. The molecule has 196 valence electrons. The van der Waals surface area contributed by atoms with Gasteiger partial charge in [-0.05, 0) is 45.4 Å². The number of likely N-dealkylation sites (tertiary alicyclic amines) is 1. The van der Waals surface area contributed by atoms with Crippen LogP contribution < -0.4 is 4.74 Å². The van der Waals surface area contributed by atoms with E-state index >= 15 is 0 Å². The van der Waals surface area contributed by atoms with E-state index in [1.807, 2.05) is 105 Å². The summed E-state index contributed by atoms with van der Waals surface area (Å²) < 4.78 is 36.9. The first-order valence-corrected chi connectivity index (χ1v) is 12.8. The van der Waals surface area contributed by atoms with Gasteiger partial charge in [-0.2, -0.15) is 0 Å². The highest BCUT2D eigenvalue weighted by Crippen LogP contribution is 2.45. The molecule has 0 aliphatic carbocycles. The van der Waals surface area contributed by atoms with Crippen molar-refractivity contribution in [2.24, 2.45) is 0 Å². The summed E-state index contributed by atoms with van der Waals surface area (Å²) in [6, 6.07) is 18.6. The number of para-hydroxylation sites is 1. The van der Waals surface area contributed by atoms with Crippen molar-refractivity contribution in [3.8, 4) is 5.75 Å². The van der Waals surface area contributed by atoms with Crippen molar-refractivity contribution < 1.29 is 33.2 Å². The largest absolute Gasteiger partial charge is 0.478 e. The van der Waals surface area contributed by atoms with Gasteiger partial charge in [-0.25, -0.2) is 0 Å². The van der Waals surface area contributed by atoms with Gasteiger partial charge in [0.1, 0.15) is 24.1 Å². The molecule has 8 nitrogen and oxygen atoms in total. The topological polar surface area (TPSA) is 75.7 Å². The molecule has 0 saturated carbocycles. The molecule has 1 amide bonds. The van der Waals surface area contributed by atoms with Crippen molar-refractivity contribution in [3.63, 3.8) is 0 Å². The molecule has 8 heteroatoms. The molecular formula is C29H33NO7. The number of β-lactam (4-membered cyclic amide) rings is 1. The summed E-state index contributed by atoms with van der Waals surface area (Å²) in [5.41, 5.74) is 1.04. The van der Waals surface area contributed by atoms with Gasteiger partial charge in [0, 0.05) is 0 Å². The number of benzene rings is 2. The number of amides is 1. The quantitative estimate of drug-likeness (QED) is 0.551. The number of rotatable bonds is 6. The maximum absolute atomic E-state index is 13.8. The van der Waals surface area contributed by atoms with Crippen molar-refractivity contribution in [2.75, 3.05) is 6.61 Å². The summed E-state index contributed by atoms with van der Waals surface area (Å²) in [5.74, 6) is -1.04. The van der Waals surface area contributed by atoms with E-state index in [0.717, 1.165) is 5.56 Å². The third kappa shape index (κ3) is 4.69. The zero-order chi connectivity index (χ0) is 25.8. The first-order chi connectivity index (χ1) is 17.7. The number of hydrogen-bond acceptors (Lipinski definition) is 7. The van der Waals surface area contributed by atoms with Crippen LogP contribution in [0.15, 0.2) is 66.7 Å². The highest BCUT2D eigenvalue weighted by Gasteiger charge is 2.65. The molecule has 2 aromatic carbocycles. The Balaban J connectivity index is 1.33. The molecule has 0 radical (unpaired) electrons. The minimum atomic E-state index is -0.825. The Kier molecular flexibility index (Phi) is 6.12. The van der Waals surface area contributed by atoms with E-state index in [-0.39, 0.29) is 18.1 Å². The lowest BCUT2D eigenvalue weighted by Crippen LogP contribution is -2.72. The Morgan fingerprint density at radius 3 is 2.27 bits per heavy atom. The molecule has 4 aliphatic heterocycles. The number of fused-ring (bicyclic) bond motifs is 1. The molecule has 6 unspecified atom stereocenters. The molecule has 0 aromatic heterocycles. The lowest BCUT2D eigenvalue weighted by molar-refractivity contribution is -0.232. The van der Waals surface area contributed by atoms with Crippen LogP contribution in [0.5, 0.6) is 5.75 Å². The van der Waals surface area contributed by atoms with Gasteiger partial charge in [0.2, 0.25) is 6.10 Å². The van der Waals surface area contributed by atoms with E-state index in [4.69, 9.17) is 28.4 Å². The fourth-order valence-electron chi connectivity index (χ4n) is 5.60. The zero-order valence-corrected chi connectivity index (χ0v) is 21.5. The Hall–Kier alpha value is -2.75. The molecule has 0 bridgehead atoms. The minimum Gasteiger partial charge on any atom is -0.478 e. The van der Waals surface area contributed by atoms with Crippen LogP contribution in [0.25, 0.3) is 6.08 Å². The van der Waals surface area contributed by atoms with Crippen molar-refractivity contribution in [1.82, 2.24) is 4.90 Å². The molecular weight excluding hydrogens is 474 g/mol. The maximum Gasteiger partial charge on any atom is 0.267 e. The van der Waals surface area contributed by atoms with Crippen LogP contribution in [-0.4, -0.2) is 71.8 Å². The first kappa shape index (κ1) is 24.6. The standard InChI is InChI=1S/C29H33NO7/c1-28(2)32-17-21(35-28)24-22(25-27(34-24)37-29(3,4)36-25)30-20(16-15-18-11-7-5-8-12-18)23(26(30)31)33-19-13-9-6-10-14-19/h5-16,20-25,27H,17H2,1-4H3/t20?,21?,22-,23?,24?,25?,27?/m0/s1. The summed E-state index contributed by atoms with van der Waals surface area (Å²) in [6.45, 7) is 7.80. The van der Waals surface area contributed by atoms with E-state index in [2.05, 4.69) is 0 Å². The third-order valence-electron chi connectivity index (χ3n) is 7.19. The molecule has 4 heterocycles. The van der Waals surface area contributed by atoms with Crippen molar-refractivity contribution in [3.05, 3.63) is 72.3 Å². The monoisotopic (exact) mass is 507 g/mol. The fraction of sp³-hybridized carbons (Fsp3) is 0.483. The van der Waals surface area contributed by atoms with Crippen LogP contribution >= 0.6 is 0 Å². The van der Waals surface area contributed by atoms with E-state index in [1.54, 1.807) is 0 Å². The van der Waals surface area contributed by atoms with Crippen molar-refractivity contribution >= 4 is 12.0 Å². The molecule has 7 atom stereocenters. The zero-order valence-electron chi connectivity index (χ0n) is 21.5. The van der Waals surface area contributed by atoms with Gasteiger partial charge in [0.05, 0.1) is 18.7 Å². The Labute approximate surface area is 217 Å². The van der Waals surface area contributed by atoms with Crippen molar-refractivity contribution in [2.45, 2.75) is 82.1 Å². The van der Waals surface area contributed by atoms with Crippen LogP contribution in [0, 0.1) is 0 Å². The maximum atomic E-state index is 13.8. The van der Waals surface area contributed by atoms with Gasteiger partial charge >= 0.3 is 0 Å². The summed E-state index contributed by atoms with van der Waals surface area (Å²) in [5, 5.41) is 0. The van der Waals surface area contributed by atoms with E-state index < -0.39 is 42.2 Å². The predicted octanol–water partition coefficient (Wildman–Crippen LogP) is 3.75. The second-order valence-corrected chi connectivity index (χ2v) is 10.8. The smallest absolute Gasteiger partial charge is 0.267 e. The highest BCUT2D eigenvalue weighted by molar-refractivity contribution is 5.90. The van der Waals surface area contributed by atoms with Crippen LogP contribution in [0.4, 0.5) is 0 Å². The van der Waals surface area contributed by atoms with Crippen molar-refractivity contribution in [1.29, 1.82) is 0 Å². The average Bonchev–Trinajstić information content (AvgIpc) is 3.50. The lowest BCUT2D eigenvalue weighted by atomic mass is 9.89. The van der Waals surface area contributed by atoms with Crippen LogP contribution in [0.1, 0.15) is 33.3 Å². The summed E-state index contributed by atoms with van der Waals surface area (Å²) in [6.07, 6.45) is 1.42. The molecule has 4 fully saturated rings. The van der Waals surface area contributed by atoms with Crippen LogP contribution in [0.3, 0.4) is 0 Å². The van der Waals surface area contributed by atoms with Gasteiger partial charge in [-0.3, -0.25) is 4.79 Å². The number of ether oxygens (including phenoxy) is 6.